The highest BCUT2D eigenvalue weighted by Crippen LogP contribution is 2.32. The molecule has 0 saturated heterocycles. The summed E-state index contributed by atoms with van der Waals surface area (Å²) in [5.74, 6) is 0.187. The van der Waals surface area contributed by atoms with Crippen molar-refractivity contribution in [3.63, 3.8) is 0 Å². The number of rotatable bonds is 6. The number of para-hydroxylation sites is 1. The maximum absolute atomic E-state index is 13.0. The van der Waals surface area contributed by atoms with Gasteiger partial charge < -0.3 is 20.1 Å². The lowest BCUT2D eigenvalue weighted by Crippen LogP contribution is -2.18. The molecule has 0 spiro atoms. The van der Waals surface area contributed by atoms with E-state index in [9.17, 15) is 9.59 Å². The fraction of sp³-hybridized carbons (Fsp3) is 0.167. The van der Waals surface area contributed by atoms with Crippen molar-refractivity contribution in [2.24, 2.45) is 0 Å². The molecule has 3 aromatic carbocycles. The zero-order valence-electron chi connectivity index (χ0n) is 17.4. The second-order valence-corrected chi connectivity index (χ2v) is 6.81. The summed E-state index contributed by atoms with van der Waals surface area (Å²) in [4.78, 5) is 25.7. The quantitative estimate of drug-likeness (QED) is 0.617. The summed E-state index contributed by atoms with van der Waals surface area (Å²) in [6.45, 7) is 3.79. The standard InChI is InChI=1S/C24H24N2O4/c1-15-12-13-19(25-23(27)17-9-6-5-8-16(17)2)20(14-15)26-24(28)18-10-7-11-21(29-3)22(18)30-4/h5-14H,1-4H3,(H,25,27)(H,26,28). The van der Waals surface area contributed by atoms with Gasteiger partial charge in [0.15, 0.2) is 11.5 Å². The van der Waals surface area contributed by atoms with Gasteiger partial charge in [-0.2, -0.15) is 0 Å². The number of carbonyl (C=O) groups is 2. The molecule has 0 atom stereocenters. The largest absolute Gasteiger partial charge is 0.493 e. The van der Waals surface area contributed by atoms with Gasteiger partial charge in [0, 0.05) is 5.56 Å². The second-order valence-electron chi connectivity index (χ2n) is 6.81. The summed E-state index contributed by atoms with van der Waals surface area (Å²) < 4.78 is 10.6. The summed E-state index contributed by atoms with van der Waals surface area (Å²) >= 11 is 0. The van der Waals surface area contributed by atoms with Crippen LogP contribution in [0.15, 0.2) is 60.7 Å². The van der Waals surface area contributed by atoms with Gasteiger partial charge in [-0.15, -0.1) is 0 Å². The van der Waals surface area contributed by atoms with E-state index >= 15 is 0 Å². The lowest BCUT2D eigenvalue weighted by atomic mass is 10.1. The summed E-state index contributed by atoms with van der Waals surface area (Å²) in [5.41, 5.74) is 3.71. The Bertz CT molecular complexity index is 1090. The van der Waals surface area contributed by atoms with E-state index in [-0.39, 0.29) is 11.8 Å². The molecular formula is C24H24N2O4. The maximum Gasteiger partial charge on any atom is 0.259 e. The monoisotopic (exact) mass is 404 g/mol. The van der Waals surface area contributed by atoms with E-state index in [1.54, 1.807) is 36.4 Å². The normalized spacial score (nSPS) is 10.3. The first kappa shape index (κ1) is 20.9. The Kier molecular flexibility index (Phi) is 6.37. The first-order valence-corrected chi connectivity index (χ1v) is 9.44. The molecule has 30 heavy (non-hydrogen) atoms. The summed E-state index contributed by atoms with van der Waals surface area (Å²) in [6, 6.07) is 17.9. The topological polar surface area (TPSA) is 76.7 Å². The van der Waals surface area contributed by atoms with Crippen LogP contribution in [0.4, 0.5) is 11.4 Å². The molecule has 2 N–H and O–H groups in total. The van der Waals surface area contributed by atoms with Crippen molar-refractivity contribution in [2.45, 2.75) is 13.8 Å². The minimum Gasteiger partial charge on any atom is -0.493 e. The van der Waals surface area contributed by atoms with Crippen molar-refractivity contribution >= 4 is 23.2 Å². The number of nitrogens with one attached hydrogen (secondary N) is 2. The molecule has 0 saturated carbocycles. The Hall–Kier alpha value is -3.80. The highest BCUT2D eigenvalue weighted by Gasteiger charge is 2.18. The van der Waals surface area contributed by atoms with E-state index in [0.29, 0.717) is 34.0 Å². The van der Waals surface area contributed by atoms with Gasteiger partial charge in [-0.05, 0) is 55.3 Å². The zero-order chi connectivity index (χ0) is 21.7. The summed E-state index contributed by atoms with van der Waals surface area (Å²) in [6.07, 6.45) is 0. The molecule has 0 aliphatic carbocycles. The molecule has 6 heteroatoms. The maximum atomic E-state index is 13.0. The molecule has 154 valence electrons. The first-order valence-electron chi connectivity index (χ1n) is 9.44. The molecular weight excluding hydrogens is 380 g/mol. The molecule has 0 aliphatic rings. The minimum absolute atomic E-state index is 0.244. The molecule has 0 radical (unpaired) electrons. The van der Waals surface area contributed by atoms with Crippen molar-refractivity contribution in [3.05, 3.63) is 82.9 Å². The van der Waals surface area contributed by atoms with E-state index in [0.717, 1.165) is 11.1 Å². The van der Waals surface area contributed by atoms with Gasteiger partial charge in [-0.3, -0.25) is 9.59 Å². The minimum atomic E-state index is -0.372. The Labute approximate surface area is 175 Å². The number of methoxy groups -OCH3 is 2. The highest BCUT2D eigenvalue weighted by atomic mass is 16.5. The number of carbonyl (C=O) groups excluding carboxylic acids is 2. The third-order valence-corrected chi connectivity index (χ3v) is 4.71. The zero-order valence-corrected chi connectivity index (χ0v) is 17.4. The molecule has 0 heterocycles. The van der Waals surface area contributed by atoms with Crippen LogP contribution in [-0.2, 0) is 0 Å². The Morgan fingerprint density at radius 1 is 0.733 bits per heavy atom. The van der Waals surface area contributed by atoms with E-state index in [4.69, 9.17) is 9.47 Å². The number of benzene rings is 3. The van der Waals surface area contributed by atoms with Crippen molar-refractivity contribution < 1.29 is 19.1 Å². The average molecular weight is 404 g/mol. The Balaban J connectivity index is 1.90. The average Bonchev–Trinajstić information content (AvgIpc) is 2.75. The predicted molar refractivity (Wildman–Crippen MR) is 118 cm³/mol. The molecule has 2 amide bonds. The van der Waals surface area contributed by atoms with Crippen LogP contribution in [0.1, 0.15) is 31.8 Å². The number of hydrogen-bond donors (Lipinski definition) is 2. The van der Waals surface area contributed by atoms with Gasteiger partial charge in [0.2, 0.25) is 0 Å². The van der Waals surface area contributed by atoms with E-state index in [1.807, 2.05) is 38.1 Å². The van der Waals surface area contributed by atoms with E-state index in [1.165, 1.54) is 14.2 Å². The number of ether oxygens (including phenoxy) is 2. The van der Waals surface area contributed by atoms with Crippen molar-refractivity contribution in [1.82, 2.24) is 0 Å². The van der Waals surface area contributed by atoms with Gasteiger partial charge in [0.1, 0.15) is 0 Å². The van der Waals surface area contributed by atoms with Crippen LogP contribution < -0.4 is 20.1 Å². The Morgan fingerprint density at radius 2 is 1.40 bits per heavy atom. The number of amides is 2. The van der Waals surface area contributed by atoms with Crippen LogP contribution >= 0.6 is 0 Å². The lowest BCUT2D eigenvalue weighted by Gasteiger charge is -2.16. The molecule has 0 unspecified atom stereocenters. The molecule has 6 nitrogen and oxygen atoms in total. The van der Waals surface area contributed by atoms with Crippen LogP contribution in [0.25, 0.3) is 0 Å². The van der Waals surface area contributed by atoms with Crippen LogP contribution in [0, 0.1) is 13.8 Å². The Morgan fingerprint density at radius 3 is 2.10 bits per heavy atom. The van der Waals surface area contributed by atoms with Gasteiger partial charge in [-0.25, -0.2) is 0 Å². The number of anilines is 2. The SMILES string of the molecule is COc1cccc(C(=O)Nc2cc(C)ccc2NC(=O)c2ccccc2C)c1OC. The van der Waals surface area contributed by atoms with Crippen molar-refractivity contribution in [1.29, 1.82) is 0 Å². The van der Waals surface area contributed by atoms with Crippen LogP contribution in [0.2, 0.25) is 0 Å². The molecule has 0 aromatic heterocycles. The second kappa shape index (κ2) is 9.13. The summed E-state index contributed by atoms with van der Waals surface area (Å²) in [7, 11) is 2.99. The third kappa shape index (κ3) is 4.43. The molecule has 3 rings (SSSR count). The number of hydrogen-bond acceptors (Lipinski definition) is 4. The van der Waals surface area contributed by atoms with E-state index in [2.05, 4.69) is 10.6 Å². The fourth-order valence-corrected chi connectivity index (χ4v) is 3.14. The third-order valence-electron chi connectivity index (χ3n) is 4.71. The number of aryl methyl sites for hydroxylation is 2. The summed E-state index contributed by atoms with van der Waals surface area (Å²) in [5, 5.41) is 5.77. The van der Waals surface area contributed by atoms with Gasteiger partial charge in [0.05, 0.1) is 31.2 Å². The fourth-order valence-electron chi connectivity index (χ4n) is 3.14. The smallest absolute Gasteiger partial charge is 0.259 e. The van der Waals surface area contributed by atoms with Crippen molar-refractivity contribution in [2.75, 3.05) is 24.9 Å². The van der Waals surface area contributed by atoms with Gasteiger partial charge in [-0.1, -0.05) is 30.3 Å². The van der Waals surface area contributed by atoms with Gasteiger partial charge >= 0.3 is 0 Å². The predicted octanol–water partition coefficient (Wildman–Crippen LogP) is 4.83. The van der Waals surface area contributed by atoms with Crippen molar-refractivity contribution in [3.8, 4) is 11.5 Å². The molecule has 0 bridgehead atoms. The molecule has 0 aliphatic heterocycles. The van der Waals surface area contributed by atoms with E-state index < -0.39 is 0 Å². The van der Waals surface area contributed by atoms with Crippen LogP contribution in [-0.4, -0.2) is 26.0 Å². The van der Waals surface area contributed by atoms with Crippen LogP contribution in [0.5, 0.6) is 11.5 Å². The molecule has 3 aromatic rings. The molecule has 0 fully saturated rings. The lowest BCUT2D eigenvalue weighted by molar-refractivity contribution is 0.101. The first-order chi connectivity index (χ1) is 14.4. The van der Waals surface area contributed by atoms with Gasteiger partial charge in [0.25, 0.3) is 11.8 Å². The van der Waals surface area contributed by atoms with Crippen LogP contribution in [0.3, 0.4) is 0 Å². The highest BCUT2D eigenvalue weighted by molar-refractivity contribution is 6.11.